The van der Waals surface area contributed by atoms with Gasteiger partial charge in [0, 0.05) is 0 Å². The van der Waals surface area contributed by atoms with Crippen LogP contribution in [0, 0.1) is 0 Å². The van der Waals surface area contributed by atoms with E-state index in [1.54, 1.807) is 0 Å². The van der Waals surface area contributed by atoms with Gasteiger partial charge in [0.15, 0.2) is 0 Å². The fourth-order valence-corrected chi connectivity index (χ4v) is 0.431. The summed E-state index contributed by atoms with van der Waals surface area (Å²) in [6.07, 6.45) is 0. The standard InChI is InChI=1S/C2Cl3F6P/c3-12(4,5,1(6,7)8)2(9,10)11. The Labute approximate surface area is 77.1 Å². The molecule has 12 heavy (non-hydrogen) atoms. The van der Waals surface area contributed by atoms with E-state index in [1.165, 1.54) is 0 Å². The fourth-order valence-electron chi connectivity index (χ4n) is 0.144. The minimum absolute atomic E-state index is 4.16. The molecule has 0 nitrogen and oxygen atoms in total. The van der Waals surface area contributed by atoms with E-state index in [0.717, 1.165) is 0 Å². The molecule has 0 radical (unpaired) electrons. The van der Waals surface area contributed by atoms with E-state index >= 15 is 0 Å². The summed E-state index contributed by atoms with van der Waals surface area (Å²) in [5.41, 5.74) is 0. The zero-order valence-electron chi connectivity index (χ0n) is 4.85. The maximum absolute atomic E-state index is 11.7. The Bertz CT molecular complexity index is 166. The van der Waals surface area contributed by atoms with Gasteiger partial charge in [-0.2, -0.15) is 0 Å². The summed E-state index contributed by atoms with van der Waals surface area (Å²) in [4.78, 5) is 0. The van der Waals surface area contributed by atoms with Gasteiger partial charge in [-0.3, -0.25) is 0 Å². The molecule has 0 amide bonds. The first-order valence-corrected chi connectivity index (χ1v) is 7.04. The van der Waals surface area contributed by atoms with Crippen LogP contribution in [0.25, 0.3) is 0 Å². The van der Waals surface area contributed by atoms with Crippen molar-refractivity contribution in [2.75, 3.05) is 0 Å². The molecule has 76 valence electrons. The van der Waals surface area contributed by atoms with Crippen LogP contribution in [0.15, 0.2) is 0 Å². The van der Waals surface area contributed by atoms with Crippen LogP contribution >= 0.6 is 38.4 Å². The third-order valence-corrected chi connectivity index (χ3v) is 5.94. The molecule has 0 aromatic rings. The van der Waals surface area contributed by atoms with Crippen molar-refractivity contribution in [3.63, 3.8) is 0 Å². The van der Waals surface area contributed by atoms with Gasteiger partial charge < -0.3 is 0 Å². The first-order valence-electron chi connectivity index (χ1n) is 2.09. The molecule has 0 rings (SSSR count). The SMILES string of the molecule is FC(F)(F)P(Cl)(Cl)(Cl)C(F)(F)F. The molecular weight excluding hydrogens is 275 g/mol. The number of hydrogen-bond donors (Lipinski definition) is 0. The average molecular weight is 275 g/mol. The fraction of sp³-hybridized carbons (Fsp3) is 1.00. The van der Waals surface area contributed by atoms with Crippen LogP contribution in [0.2, 0.25) is 0 Å². The van der Waals surface area contributed by atoms with Crippen LogP contribution in [0.1, 0.15) is 0 Å². The van der Waals surface area contributed by atoms with Crippen molar-refractivity contribution < 1.29 is 26.3 Å². The van der Waals surface area contributed by atoms with Gasteiger partial charge in [0.25, 0.3) is 0 Å². The van der Waals surface area contributed by atoms with Crippen molar-refractivity contribution in [2.24, 2.45) is 0 Å². The van der Waals surface area contributed by atoms with Gasteiger partial charge in [-0.05, 0) is 0 Å². The van der Waals surface area contributed by atoms with Gasteiger partial charge >= 0.3 is 76.6 Å². The molecule has 10 heteroatoms. The molecule has 0 bridgehead atoms. The summed E-state index contributed by atoms with van der Waals surface area (Å²) < 4.78 is 62.8. The van der Waals surface area contributed by atoms with E-state index in [9.17, 15) is 26.3 Å². The molecule has 0 spiro atoms. The molecule has 0 aliphatic rings. The molecule has 0 N–H and O–H groups in total. The molecule has 0 aromatic heterocycles. The summed E-state index contributed by atoms with van der Waals surface area (Å²) >= 11 is 12.5. The van der Waals surface area contributed by atoms with Crippen LogP contribution in [-0.2, 0) is 0 Å². The van der Waals surface area contributed by atoms with Gasteiger partial charge in [-0.15, -0.1) is 0 Å². The Kier molecular flexibility index (Phi) is 2.88. The molecule has 0 aromatic carbocycles. The first kappa shape index (κ1) is 12.9. The number of halogens is 9. The summed E-state index contributed by atoms with van der Waals surface area (Å²) in [6, 6.07) is 0. The van der Waals surface area contributed by atoms with Gasteiger partial charge in [0.05, 0.1) is 0 Å². The van der Waals surface area contributed by atoms with Crippen molar-refractivity contribution >= 4 is 38.4 Å². The second kappa shape index (κ2) is 2.69. The molecule has 0 heterocycles. The van der Waals surface area contributed by atoms with E-state index in [4.69, 9.17) is 0 Å². The topological polar surface area (TPSA) is 0 Å². The van der Waals surface area contributed by atoms with Gasteiger partial charge in [-0.25, -0.2) is 0 Å². The average Bonchev–Trinajstić information content (AvgIpc) is 1.55. The normalized spacial score (nSPS) is 18.6. The van der Waals surface area contributed by atoms with Crippen molar-refractivity contribution in [2.45, 2.75) is 11.8 Å². The van der Waals surface area contributed by atoms with Gasteiger partial charge in [0.2, 0.25) is 0 Å². The first-order chi connectivity index (χ1) is 4.79. The summed E-state index contributed by atoms with van der Waals surface area (Å²) in [5, 5.41) is 0. The van der Waals surface area contributed by atoms with Crippen molar-refractivity contribution in [1.29, 1.82) is 0 Å². The van der Waals surface area contributed by atoms with E-state index in [-0.39, 0.29) is 0 Å². The van der Waals surface area contributed by atoms with E-state index in [2.05, 4.69) is 33.7 Å². The number of hydrogen-bond acceptors (Lipinski definition) is 0. The Balaban J connectivity index is 5.29. The molecule has 0 atom stereocenters. The minimum atomic E-state index is -7.16. The van der Waals surface area contributed by atoms with E-state index in [0.29, 0.717) is 0 Å². The quantitative estimate of drug-likeness (QED) is 0.429. The predicted molar refractivity (Wildman–Crippen MR) is 36.6 cm³/mol. The third-order valence-electron chi connectivity index (χ3n) is 0.829. The number of rotatable bonds is 0. The summed E-state index contributed by atoms with van der Waals surface area (Å²) in [6.45, 7) is 0. The van der Waals surface area contributed by atoms with Crippen LogP contribution < -0.4 is 0 Å². The number of alkyl halides is 6. The van der Waals surface area contributed by atoms with Crippen LogP contribution in [0.3, 0.4) is 0 Å². The van der Waals surface area contributed by atoms with Gasteiger partial charge in [-0.1, -0.05) is 0 Å². The van der Waals surface area contributed by atoms with E-state index in [1.807, 2.05) is 0 Å². The van der Waals surface area contributed by atoms with Crippen LogP contribution in [0.5, 0.6) is 0 Å². The zero-order valence-corrected chi connectivity index (χ0v) is 8.01. The molecule has 0 aliphatic heterocycles. The van der Waals surface area contributed by atoms with Crippen molar-refractivity contribution in [3.05, 3.63) is 0 Å². The zero-order chi connectivity index (χ0) is 10.4. The molecule has 0 saturated heterocycles. The Morgan fingerprint density at radius 3 is 0.833 bits per heavy atom. The third kappa shape index (κ3) is 1.72. The van der Waals surface area contributed by atoms with Crippen molar-refractivity contribution in [3.8, 4) is 0 Å². The molecule has 0 saturated carbocycles. The summed E-state index contributed by atoms with van der Waals surface area (Å²) in [7, 11) is 0. The van der Waals surface area contributed by atoms with Crippen LogP contribution in [0.4, 0.5) is 26.3 Å². The molecule has 0 aliphatic carbocycles. The van der Waals surface area contributed by atoms with Crippen molar-refractivity contribution in [1.82, 2.24) is 0 Å². The molecule has 0 unspecified atom stereocenters. The monoisotopic (exact) mass is 274 g/mol. The second-order valence-electron chi connectivity index (χ2n) is 1.75. The predicted octanol–water partition coefficient (Wildman–Crippen LogP) is 5.04. The molecule has 0 fully saturated rings. The van der Waals surface area contributed by atoms with Gasteiger partial charge in [0.1, 0.15) is 0 Å². The maximum atomic E-state index is 11.7. The second-order valence-corrected chi connectivity index (χ2v) is 12.0. The Hall–Kier alpha value is 0.880. The summed E-state index contributed by atoms with van der Waals surface area (Å²) in [5.74, 6) is -11.8. The Morgan fingerprint density at radius 1 is 0.667 bits per heavy atom. The Morgan fingerprint density at radius 2 is 0.833 bits per heavy atom. The molecular formula is C2Cl3F6P. The van der Waals surface area contributed by atoms with E-state index < -0.39 is 16.5 Å². The van der Waals surface area contributed by atoms with Crippen LogP contribution in [-0.4, -0.2) is 11.8 Å².